The summed E-state index contributed by atoms with van der Waals surface area (Å²) in [4.78, 5) is 38.5. The van der Waals surface area contributed by atoms with Gasteiger partial charge in [0.05, 0.1) is 5.39 Å². The number of fused-ring (bicyclic) bond motifs is 1. The van der Waals surface area contributed by atoms with Gasteiger partial charge in [0, 0.05) is 25.5 Å². The molecule has 7 nitrogen and oxygen atoms in total. The molecule has 25 heavy (non-hydrogen) atoms. The molecule has 0 saturated carbocycles. The predicted molar refractivity (Wildman–Crippen MR) is 92.2 cm³/mol. The Labute approximate surface area is 145 Å². The second kappa shape index (κ2) is 7.04. The first kappa shape index (κ1) is 17.1. The van der Waals surface area contributed by atoms with Crippen molar-refractivity contribution in [3.8, 4) is 0 Å². The molecule has 0 bridgehead atoms. The Morgan fingerprint density at radius 1 is 1.28 bits per heavy atom. The van der Waals surface area contributed by atoms with Crippen molar-refractivity contribution in [2.45, 2.75) is 19.8 Å². The van der Waals surface area contributed by atoms with E-state index in [1.807, 2.05) is 0 Å². The maximum Gasteiger partial charge on any atom is 0.359 e. The van der Waals surface area contributed by atoms with E-state index in [1.165, 1.54) is 7.05 Å². The first-order valence-corrected chi connectivity index (χ1v) is 8.38. The third-order valence-electron chi connectivity index (χ3n) is 4.49. The second-order valence-corrected chi connectivity index (χ2v) is 6.49. The van der Waals surface area contributed by atoms with E-state index in [1.54, 1.807) is 29.2 Å². The number of nitrogens with zero attached hydrogens (tertiary/aromatic N) is 3. The van der Waals surface area contributed by atoms with Gasteiger partial charge in [0.2, 0.25) is 0 Å². The lowest BCUT2D eigenvalue weighted by Gasteiger charge is -2.30. The van der Waals surface area contributed by atoms with Gasteiger partial charge in [-0.05, 0) is 24.8 Å². The maximum atomic E-state index is 12.4. The van der Waals surface area contributed by atoms with Crippen LogP contribution in [0, 0.1) is 5.92 Å². The van der Waals surface area contributed by atoms with Crippen LogP contribution in [0.15, 0.2) is 29.1 Å². The zero-order chi connectivity index (χ0) is 18.0. The van der Waals surface area contributed by atoms with Gasteiger partial charge in [-0.1, -0.05) is 25.1 Å². The summed E-state index contributed by atoms with van der Waals surface area (Å²) < 4.78 is 6.28. The van der Waals surface area contributed by atoms with Crippen LogP contribution in [0.4, 0.5) is 0 Å². The zero-order valence-electron chi connectivity index (χ0n) is 14.4. The summed E-state index contributed by atoms with van der Waals surface area (Å²) in [6, 6.07) is 6.73. The van der Waals surface area contributed by atoms with E-state index in [0.717, 1.165) is 17.5 Å². The smallest absolute Gasteiger partial charge is 0.359 e. The van der Waals surface area contributed by atoms with Gasteiger partial charge < -0.3 is 9.64 Å². The van der Waals surface area contributed by atoms with Crippen LogP contribution in [0.2, 0.25) is 0 Å². The summed E-state index contributed by atoms with van der Waals surface area (Å²) in [6.45, 7) is 3.18. The minimum Gasteiger partial charge on any atom is -0.451 e. The van der Waals surface area contributed by atoms with E-state index in [9.17, 15) is 14.4 Å². The molecule has 132 valence electrons. The molecule has 7 heteroatoms. The predicted octanol–water partition coefficient (Wildman–Crippen LogP) is 1.35. The van der Waals surface area contributed by atoms with E-state index in [-0.39, 0.29) is 23.8 Å². The van der Waals surface area contributed by atoms with Crippen LogP contribution in [0.25, 0.3) is 10.8 Å². The van der Waals surface area contributed by atoms with E-state index in [2.05, 4.69) is 12.0 Å². The van der Waals surface area contributed by atoms with Crippen molar-refractivity contribution in [1.82, 2.24) is 14.7 Å². The van der Waals surface area contributed by atoms with E-state index in [0.29, 0.717) is 29.8 Å². The summed E-state index contributed by atoms with van der Waals surface area (Å²) in [6.07, 6.45) is 2.07. The normalized spacial score (nSPS) is 17.5. The van der Waals surface area contributed by atoms with Crippen LogP contribution in [0.3, 0.4) is 0 Å². The van der Waals surface area contributed by atoms with E-state index in [4.69, 9.17) is 4.74 Å². The Morgan fingerprint density at radius 2 is 2.00 bits per heavy atom. The first-order chi connectivity index (χ1) is 12.0. The third-order valence-corrected chi connectivity index (χ3v) is 4.49. The average molecular weight is 343 g/mol. The minimum atomic E-state index is -0.704. The molecular formula is C18H21N3O4. The van der Waals surface area contributed by atoms with Crippen molar-refractivity contribution in [1.29, 1.82) is 0 Å². The molecule has 1 aliphatic heterocycles. The number of carbonyl (C=O) groups excluding carboxylic acids is 2. The second-order valence-electron chi connectivity index (χ2n) is 6.49. The van der Waals surface area contributed by atoms with Gasteiger partial charge >= 0.3 is 5.97 Å². The van der Waals surface area contributed by atoms with Crippen molar-refractivity contribution < 1.29 is 14.3 Å². The fourth-order valence-corrected chi connectivity index (χ4v) is 3.15. The van der Waals surface area contributed by atoms with Crippen LogP contribution >= 0.6 is 0 Å². The fourth-order valence-electron chi connectivity index (χ4n) is 3.15. The number of hydrogen-bond acceptors (Lipinski definition) is 5. The number of ether oxygens (including phenoxy) is 1. The van der Waals surface area contributed by atoms with Crippen LogP contribution in [0.5, 0.6) is 0 Å². The SMILES string of the molecule is C[C@@H]1CCCN(C(=O)COC(=O)c2nn(C)c(=O)c3ccccc23)C1. The standard InChI is InChI=1S/C18H21N3O4/c1-12-6-5-9-21(10-12)15(22)11-25-18(24)16-13-7-3-4-8-14(13)17(23)20(2)19-16/h3-4,7-8,12H,5-6,9-11H2,1-2H3/t12-/m1/s1. The Bertz CT molecular complexity index is 874. The molecule has 0 aliphatic carbocycles. The number of hydrogen-bond donors (Lipinski definition) is 0. The number of rotatable bonds is 3. The van der Waals surface area contributed by atoms with Crippen molar-refractivity contribution in [2.24, 2.45) is 13.0 Å². The quantitative estimate of drug-likeness (QED) is 0.786. The number of aromatic nitrogens is 2. The van der Waals surface area contributed by atoms with E-state index >= 15 is 0 Å². The number of piperidine rings is 1. The summed E-state index contributed by atoms with van der Waals surface area (Å²) in [5.41, 5.74) is -0.247. The van der Waals surface area contributed by atoms with Crippen LogP contribution < -0.4 is 5.56 Å². The van der Waals surface area contributed by atoms with Gasteiger partial charge in [-0.15, -0.1) is 0 Å². The van der Waals surface area contributed by atoms with Crippen LogP contribution in [-0.4, -0.2) is 46.3 Å². The first-order valence-electron chi connectivity index (χ1n) is 8.38. The Hall–Kier alpha value is -2.70. The molecule has 0 N–H and O–H groups in total. The van der Waals surface area contributed by atoms with Crippen molar-refractivity contribution in [3.05, 3.63) is 40.3 Å². The largest absolute Gasteiger partial charge is 0.451 e. The summed E-state index contributed by atoms with van der Waals surface area (Å²) in [5, 5.41) is 4.83. The molecule has 0 unspecified atom stereocenters. The Balaban J connectivity index is 1.76. The van der Waals surface area contributed by atoms with Crippen LogP contribution in [0.1, 0.15) is 30.3 Å². The number of carbonyl (C=O) groups is 2. The van der Waals surface area contributed by atoms with Gasteiger partial charge in [0.25, 0.3) is 11.5 Å². The highest BCUT2D eigenvalue weighted by molar-refractivity contribution is 6.02. The number of esters is 1. The lowest BCUT2D eigenvalue weighted by molar-refractivity contribution is -0.136. The van der Waals surface area contributed by atoms with Crippen molar-refractivity contribution in [3.63, 3.8) is 0 Å². The summed E-state index contributed by atoms with van der Waals surface area (Å²) in [7, 11) is 1.48. The highest BCUT2D eigenvalue weighted by Crippen LogP contribution is 2.16. The van der Waals surface area contributed by atoms with Gasteiger partial charge in [-0.2, -0.15) is 5.10 Å². The molecule has 1 aliphatic rings. The topological polar surface area (TPSA) is 81.5 Å². The number of aryl methyl sites for hydroxylation is 1. The Morgan fingerprint density at radius 3 is 2.72 bits per heavy atom. The molecule has 3 rings (SSSR count). The number of benzene rings is 1. The maximum absolute atomic E-state index is 12.4. The minimum absolute atomic E-state index is 0.0394. The van der Waals surface area contributed by atoms with Gasteiger partial charge in [-0.25, -0.2) is 9.48 Å². The summed E-state index contributed by atoms with van der Waals surface area (Å²) >= 11 is 0. The third kappa shape index (κ3) is 3.55. The molecule has 0 spiro atoms. The van der Waals surface area contributed by atoms with Crippen molar-refractivity contribution >= 4 is 22.6 Å². The molecule has 1 fully saturated rings. The average Bonchev–Trinajstić information content (AvgIpc) is 2.62. The fraction of sp³-hybridized carbons (Fsp3) is 0.444. The highest BCUT2D eigenvalue weighted by atomic mass is 16.5. The molecular weight excluding hydrogens is 322 g/mol. The van der Waals surface area contributed by atoms with Crippen molar-refractivity contribution in [2.75, 3.05) is 19.7 Å². The molecule has 1 aromatic carbocycles. The molecule has 2 heterocycles. The van der Waals surface area contributed by atoms with E-state index < -0.39 is 5.97 Å². The molecule has 1 amide bonds. The zero-order valence-corrected chi connectivity index (χ0v) is 14.4. The van der Waals surface area contributed by atoms with Gasteiger partial charge in [-0.3, -0.25) is 9.59 Å². The highest BCUT2D eigenvalue weighted by Gasteiger charge is 2.23. The lowest BCUT2D eigenvalue weighted by atomic mass is 10.0. The molecule has 1 aromatic heterocycles. The van der Waals surface area contributed by atoms with Gasteiger partial charge in [0.15, 0.2) is 12.3 Å². The summed E-state index contributed by atoms with van der Waals surface area (Å²) in [5.74, 6) is -0.443. The molecule has 1 atom stereocenters. The monoisotopic (exact) mass is 343 g/mol. The van der Waals surface area contributed by atoms with Gasteiger partial charge in [0.1, 0.15) is 0 Å². The number of likely N-dealkylation sites (tertiary alicyclic amines) is 1. The van der Waals surface area contributed by atoms with Crippen LogP contribution in [-0.2, 0) is 16.6 Å². The number of amides is 1. The molecule has 2 aromatic rings. The lowest BCUT2D eigenvalue weighted by Crippen LogP contribution is -2.41. The molecule has 0 radical (unpaired) electrons. The molecule has 1 saturated heterocycles. The Kier molecular flexibility index (Phi) is 4.83.